The van der Waals surface area contributed by atoms with E-state index in [1.165, 1.54) is 11.3 Å². The number of thiazole rings is 1. The van der Waals surface area contributed by atoms with Gasteiger partial charge in [0.2, 0.25) is 0 Å². The number of amides is 1. The van der Waals surface area contributed by atoms with Crippen molar-refractivity contribution in [3.8, 4) is 11.5 Å². The van der Waals surface area contributed by atoms with E-state index in [4.69, 9.17) is 9.47 Å². The summed E-state index contributed by atoms with van der Waals surface area (Å²) >= 11 is 1.52. The highest BCUT2D eigenvalue weighted by molar-refractivity contribution is 7.07. The van der Waals surface area contributed by atoms with E-state index >= 15 is 0 Å². The maximum Gasteiger partial charge on any atom is 0.254 e. The smallest absolute Gasteiger partial charge is 0.254 e. The van der Waals surface area contributed by atoms with Gasteiger partial charge in [-0.15, -0.1) is 11.3 Å². The predicted octanol–water partition coefficient (Wildman–Crippen LogP) is 4.00. The van der Waals surface area contributed by atoms with Gasteiger partial charge in [0.1, 0.15) is 6.61 Å². The van der Waals surface area contributed by atoms with Crippen molar-refractivity contribution in [3.63, 3.8) is 0 Å². The molecule has 0 saturated carbocycles. The Morgan fingerprint density at radius 2 is 1.96 bits per heavy atom. The predicted molar refractivity (Wildman–Crippen MR) is 102 cm³/mol. The number of hydrogen-bond donors (Lipinski definition) is 0. The molecular formula is C20H20N2O3S. The maximum atomic E-state index is 12.7. The van der Waals surface area contributed by atoms with Crippen LogP contribution in [0.4, 0.5) is 0 Å². The summed E-state index contributed by atoms with van der Waals surface area (Å²) in [6, 6.07) is 15.1. The van der Waals surface area contributed by atoms with Crippen LogP contribution in [0.15, 0.2) is 59.4 Å². The molecule has 5 nitrogen and oxygen atoms in total. The average molecular weight is 368 g/mol. The summed E-state index contributed by atoms with van der Waals surface area (Å²) in [4.78, 5) is 18.6. The van der Waals surface area contributed by atoms with Gasteiger partial charge in [0.05, 0.1) is 18.3 Å². The van der Waals surface area contributed by atoms with E-state index in [2.05, 4.69) is 4.98 Å². The molecule has 0 saturated heterocycles. The number of nitrogens with zero attached hydrogens (tertiary/aromatic N) is 2. The zero-order chi connectivity index (χ0) is 18.4. The summed E-state index contributed by atoms with van der Waals surface area (Å²) in [5, 5.41) is 1.93. The molecule has 134 valence electrons. The quantitative estimate of drug-likeness (QED) is 0.632. The largest absolute Gasteiger partial charge is 0.493 e. The second kappa shape index (κ2) is 8.49. The molecule has 26 heavy (non-hydrogen) atoms. The molecular weight excluding hydrogens is 348 g/mol. The molecule has 0 spiro atoms. The van der Waals surface area contributed by atoms with Gasteiger partial charge in [0, 0.05) is 24.5 Å². The summed E-state index contributed by atoms with van der Waals surface area (Å²) < 4.78 is 11.1. The lowest BCUT2D eigenvalue weighted by Gasteiger charge is -2.18. The van der Waals surface area contributed by atoms with Crippen LogP contribution in [0.5, 0.6) is 11.5 Å². The molecule has 0 aliphatic heterocycles. The Hall–Kier alpha value is -2.86. The minimum Gasteiger partial charge on any atom is -0.493 e. The molecule has 0 atom stereocenters. The van der Waals surface area contributed by atoms with Crippen molar-refractivity contribution in [2.45, 2.75) is 13.2 Å². The van der Waals surface area contributed by atoms with Crippen LogP contribution in [-0.4, -0.2) is 29.9 Å². The van der Waals surface area contributed by atoms with E-state index in [0.717, 1.165) is 11.3 Å². The Morgan fingerprint density at radius 1 is 1.15 bits per heavy atom. The molecule has 0 radical (unpaired) electrons. The lowest BCUT2D eigenvalue weighted by Crippen LogP contribution is -2.26. The van der Waals surface area contributed by atoms with Gasteiger partial charge in [-0.05, 0) is 23.8 Å². The van der Waals surface area contributed by atoms with E-state index in [1.807, 2.05) is 35.7 Å². The summed E-state index contributed by atoms with van der Waals surface area (Å²) in [5.41, 5.74) is 4.26. The standard InChI is InChI=1S/C20H20N2O3S/c1-22(11-15-6-4-3-5-7-15)20(23)16-8-9-18(19(10-16)24-2)25-12-17-13-26-14-21-17/h3-10,13-14H,11-12H2,1-2H3. The summed E-state index contributed by atoms with van der Waals surface area (Å²) in [6.07, 6.45) is 0. The van der Waals surface area contributed by atoms with E-state index in [1.54, 1.807) is 42.8 Å². The van der Waals surface area contributed by atoms with Crippen molar-refractivity contribution < 1.29 is 14.3 Å². The monoisotopic (exact) mass is 368 g/mol. The van der Waals surface area contributed by atoms with Crippen molar-refractivity contribution in [2.75, 3.05) is 14.2 Å². The number of ether oxygens (including phenoxy) is 2. The van der Waals surface area contributed by atoms with Crippen LogP contribution < -0.4 is 9.47 Å². The molecule has 0 unspecified atom stereocenters. The van der Waals surface area contributed by atoms with E-state index < -0.39 is 0 Å². The molecule has 0 aliphatic carbocycles. The SMILES string of the molecule is COc1cc(C(=O)N(C)Cc2ccccc2)ccc1OCc1cscn1. The fourth-order valence-corrected chi connectivity index (χ4v) is 3.07. The number of methoxy groups -OCH3 is 1. The molecule has 6 heteroatoms. The second-order valence-electron chi connectivity index (χ2n) is 5.78. The Morgan fingerprint density at radius 3 is 2.65 bits per heavy atom. The van der Waals surface area contributed by atoms with Crippen molar-refractivity contribution in [1.29, 1.82) is 0 Å². The summed E-state index contributed by atoms with van der Waals surface area (Å²) in [7, 11) is 3.35. The lowest BCUT2D eigenvalue weighted by atomic mass is 10.1. The minimum atomic E-state index is -0.0711. The fourth-order valence-electron chi connectivity index (χ4n) is 2.53. The first-order valence-electron chi connectivity index (χ1n) is 8.14. The van der Waals surface area contributed by atoms with Crippen LogP contribution in [0.2, 0.25) is 0 Å². The van der Waals surface area contributed by atoms with E-state index in [0.29, 0.717) is 30.2 Å². The van der Waals surface area contributed by atoms with E-state index in [-0.39, 0.29) is 5.91 Å². The highest BCUT2D eigenvalue weighted by Crippen LogP contribution is 2.29. The van der Waals surface area contributed by atoms with Gasteiger partial charge >= 0.3 is 0 Å². The van der Waals surface area contributed by atoms with Crippen molar-refractivity contribution in [3.05, 3.63) is 76.2 Å². The fraction of sp³-hybridized carbons (Fsp3) is 0.200. The maximum absolute atomic E-state index is 12.7. The molecule has 1 heterocycles. The third kappa shape index (κ3) is 4.40. The number of hydrogen-bond acceptors (Lipinski definition) is 5. The van der Waals surface area contributed by atoms with Crippen LogP contribution in [0.3, 0.4) is 0 Å². The number of carbonyl (C=O) groups is 1. The van der Waals surface area contributed by atoms with Gasteiger partial charge in [0.25, 0.3) is 5.91 Å². The molecule has 2 aromatic carbocycles. The number of benzene rings is 2. The zero-order valence-corrected chi connectivity index (χ0v) is 15.5. The van der Waals surface area contributed by atoms with Crippen LogP contribution in [0.1, 0.15) is 21.6 Å². The molecule has 0 fully saturated rings. The molecule has 3 aromatic rings. The first kappa shape index (κ1) is 17.9. The first-order valence-corrected chi connectivity index (χ1v) is 9.09. The number of carbonyl (C=O) groups excluding carboxylic acids is 1. The van der Waals surface area contributed by atoms with Gasteiger partial charge < -0.3 is 14.4 Å². The molecule has 0 N–H and O–H groups in total. The van der Waals surface area contributed by atoms with Gasteiger partial charge in [-0.25, -0.2) is 4.98 Å². The molecule has 3 rings (SSSR count). The summed E-state index contributed by atoms with van der Waals surface area (Å²) in [5.74, 6) is 1.04. The lowest BCUT2D eigenvalue weighted by molar-refractivity contribution is 0.0784. The zero-order valence-electron chi connectivity index (χ0n) is 14.7. The van der Waals surface area contributed by atoms with Crippen LogP contribution in [0, 0.1) is 0 Å². The summed E-state index contributed by atoms with van der Waals surface area (Å²) in [6.45, 7) is 0.908. The normalized spacial score (nSPS) is 10.4. The second-order valence-corrected chi connectivity index (χ2v) is 6.50. The number of rotatable bonds is 7. The molecule has 1 amide bonds. The molecule has 1 aromatic heterocycles. The Bertz CT molecular complexity index is 851. The van der Waals surface area contributed by atoms with Gasteiger partial charge in [-0.3, -0.25) is 4.79 Å². The minimum absolute atomic E-state index is 0.0711. The van der Waals surface area contributed by atoms with Gasteiger partial charge in [-0.2, -0.15) is 0 Å². The number of aromatic nitrogens is 1. The van der Waals surface area contributed by atoms with Crippen LogP contribution in [-0.2, 0) is 13.2 Å². The molecule has 0 bridgehead atoms. The van der Waals surface area contributed by atoms with Crippen molar-refractivity contribution in [1.82, 2.24) is 9.88 Å². The Labute approximate surface area is 156 Å². The van der Waals surface area contributed by atoms with Gasteiger partial charge in [-0.1, -0.05) is 30.3 Å². The molecule has 0 aliphatic rings. The highest BCUT2D eigenvalue weighted by Gasteiger charge is 2.15. The average Bonchev–Trinajstić information content (AvgIpc) is 3.20. The van der Waals surface area contributed by atoms with Gasteiger partial charge in [0.15, 0.2) is 11.5 Å². The van der Waals surface area contributed by atoms with Crippen molar-refractivity contribution in [2.24, 2.45) is 0 Å². The van der Waals surface area contributed by atoms with Crippen LogP contribution in [0.25, 0.3) is 0 Å². The highest BCUT2D eigenvalue weighted by atomic mass is 32.1. The van der Waals surface area contributed by atoms with Crippen molar-refractivity contribution >= 4 is 17.2 Å². The Kier molecular flexibility index (Phi) is 5.86. The first-order chi connectivity index (χ1) is 12.7. The van der Waals surface area contributed by atoms with Crippen LogP contribution >= 0.6 is 11.3 Å². The topological polar surface area (TPSA) is 51.7 Å². The Balaban J connectivity index is 1.70. The van der Waals surface area contributed by atoms with E-state index in [9.17, 15) is 4.79 Å². The third-order valence-corrected chi connectivity index (χ3v) is 4.51. The third-order valence-electron chi connectivity index (χ3n) is 3.88.